The first kappa shape index (κ1) is 24.5. The second-order valence-corrected chi connectivity index (χ2v) is 8.25. The van der Waals surface area contributed by atoms with E-state index in [1.807, 2.05) is 6.92 Å². The van der Waals surface area contributed by atoms with Crippen molar-refractivity contribution >= 4 is 76.4 Å². The molecule has 0 aliphatic carbocycles. The molecule has 2 atom stereocenters. The van der Waals surface area contributed by atoms with E-state index in [1.54, 1.807) is 19.2 Å². The number of amides is 1. The summed E-state index contributed by atoms with van der Waals surface area (Å²) in [5.74, 6) is -0.122. The van der Waals surface area contributed by atoms with Gasteiger partial charge in [-0.05, 0) is 25.0 Å². The molecule has 1 fully saturated rings. The highest BCUT2D eigenvalue weighted by atomic mass is 35.5. The number of carbonyl (C=O) groups excluding carboxylic acids is 1. The molecule has 6 nitrogen and oxygen atoms in total. The molecule has 0 spiro atoms. The lowest BCUT2D eigenvalue weighted by Gasteiger charge is -2.28. The van der Waals surface area contributed by atoms with Crippen LogP contribution in [0.15, 0.2) is 12.1 Å². The number of ether oxygens (including phenoxy) is 1. The Kier molecular flexibility index (Phi) is 7.46. The molecule has 0 unspecified atom stereocenters. The maximum atomic E-state index is 13.0. The number of likely N-dealkylation sites (tertiary alicyclic amines) is 1. The molecule has 158 valence electrons. The first-order chi connectivity index (χ1) is 15.1. The van der Waals surface area contributed by atoms with Gasteiger partial charge >= 0.3 is 0 Å². The number of hydrogen-bond acceptors (Lipinski definition) is 5. The standard InChI is InChI=1S/C21H22B4ClN3O3/c1-9-13(28-21(31)10-6-12(26)14(27-2)7-15(10)32-3)4-5-29(9)8-11-16(22)18(24)19(25)20(30)17(11)23/h6-7,9,13,27,30H,4-5,8H2,1-3H3,(H,28,31)/t9-,13-/m0/s1. The second-order valence-electron chi connectivity index (χ2n) is 7.84. The number of carbonyl (C=O) groups is 1. The number of aromatic hydroxyl groups is 1. The molecule has 3 rings (SSSR count). The largest absolute Gasteiger partial charge is 0.509 e. The SMILES string of the molecule is [B]c1c([B])c(O)c([B])c(CN2CC[C@H](NC(=O)c3cc(Cl)c(NC)cc3OC)[C@@H]2C)c1[B]. The second kappa shape index (κ2) is 9.75. The molecular weight excluding hydrogens is 421 g/mol. The third-order valence-electron chi connectivity index (χ3n) is 6.11. The van der Waals surface area contributed by atoms with Gasteiger partial charge in [0.25, 0.3) is 5.91 Å². The molecule has 0 bridgehead atoms. The van der Waals surface area contributed by atoms with Crippen molar-refractivity contribution in [3.8, 4) is 11.5 Å². The first-order valence-electron chi connectivity index (χ1n) is 10.1. The van der Waals surface area contributed by atoms with E-state index >= 15 is 0 Å². The van der Waals surface area contributed by atoms with E-state index in [0.717, 1.165) is 0 Å². The topological polar surface area (TPSA) is 73.8 Å². The van der Waals surface area contributed by atoms with Crippen LogP contribution < -0.4 is 37.2 Å². The predicted molar refractivity (Wildman–Crippen MR) is 133 cm³/mol. The summed E-state index contributed by atoms with van der Waals surface area (Å²) in [6, 6.07) is 3.11. The Balaban J connectivity index is 1.77. The number of phenols is 1. The fraction of sp³-hybridized carbons (Fsp3) is 0.381. The van der Waals surface area contributed by atoms with Crippen molar-refractivity contribution in [1.82, 2.24) is 10.2 Å². The lowest BCUT2D eigenvalue weighted by molar-refractivity contribution is 0.0924. The third kappa shape index (κ3) is 4.48. The van der Waals surface area contributed by atoms with E-state index in [4.69, 9.17) is 47.7 Å². The highest BCUT2D eigenvalue weighted by Crippen LogP contribution is 2.31. The molecule has 32 heavy (non-hydrogen) atoms. The van der Waals surface area contributed by atoms with E-state index < -0.39 is 0 Å². The van der Waals surface area contributed by atoms with Gasteiger partial charge in [0.15, 0.2) is 0 Å². The van der Waals surface area contributed by atoms with Crippen LogP contribution in [0.5, 0.6) is 11.5 Å². The quantitative estimate of drug-likeness (QED) is 0.483. The number of hydrogen-bond donors (Lipinski definition) is 3. The number of phenolic OH excluding ortho intramolecular Hbond substituents is 1. The highest BCUT2D eigenvalue weighted by Gasteiger charge is 2.33. The summed E-state index contributed by atoms with van der Waals surface area (Å²) in [6.07, 6.45) is 0.716. The molecule has 1 amide bonds. The molecule has 1 aliphatic heterocycles. The van der Waals surface area contributed by atoms with Gasteiger partial charge in [0.2, 0.25) is 0 Å². The summed E-state index contributed by atoms with van der Waals surface area (Å²) in [7, 11) is 27.1. The van der Waals surface area contributed by atoms with Gasteiger partial charge in [-0.15, -0.1) is 10.9 Å². The van der Waals surface area contributed by atoms with Crippen LogP contribution in [0.1, 0.15) is 29.3 Å². The van der Waals surface area contributed by atoms with Crippen molar-refractivity contribution in [3.05, 3.63) is 28.3 Å². The van der Waals surface area contributed by atoms with Gasteiger partial charge in [-0.25, -0.2) is 0 Å². The average Bonchev–Trinajstić information content (AvgIpc) is 3.12. The Morgan fingerprint density at radius 3 is 2.53 bits per heavy atom. The van der Waals surface area contributed by atoms with Crippen LogP contribution in [-0.4, -0.2) is 80.1 Å². The minimum Gasteiger partial charge on any atom is -0.509 e. The number of halogens is 1. The van der Waals surface area contributed by atoms with Crippen molar-refractivity contribution in [2.45, 2.75) is 32.0 Å². The van der Waals surface area contributed by atoms with Gasteiger partial charge in [-0.1, -0.05) is 22.5 Å². The van der Waals surface area contributed by atoms with Crippen LogP contribution in [-0.2, 0) is 6.54 Å². The van der Waals surface area contributed by atoms with Crippen LogP contribution in [0.2, 0.25) is 5.02 Å². The molecule has 1 saturated heterocycles. The van der Waals surface area contributed by atoms with Gasteiger partial charge in [-0.2, -0.15) is 0 Å². The van der Waals surface area contributed by atoms with Crippen molar-refractivity contribution < 1.29 is 14.6 Å². The normalized spacial score (nSPS) is 18.5. The summed E-state index contributed by atoms with van der Waals surface area (Å²) in [6.45, 7) is 3.04. The van der Waals surface area contributed by atoms with Crippen molar-refractivity contribution in [2.24, 2.45) is 0 Å². The monoisotopic (exact) mass is 443 g/mol. The Bertz CT molecular complexity index is 1020. The summed E-state index contributed by atoms with van der Waals surface area (Å²) >= 11 is 6.26. The molecule has 2 aromatic rings. The van der Waals surface area contributed by atoms with E-state index in [9.17, 15) is 9.90 Å². The number of nitrogens with zero attached hydrogens (tertiary/aromatic N) is 1. The molecule has 1 aliphatic rings. The summed E-state index contributed by atoms with van der Waals surface area (Å²) in [4.78, 5) is 15.1. The molecule has 1 heterocycles. The Morgan fingerprint density at radius 2 is 1.91 bits per heavy atom. The van der Waals surface area contributed by atoms with Crippen LogP contribution in [0.25, 0.3) is 0 Å². The fourth-order valence-corrected chi connectivity index (χ4v) is 4.26. The molecule has 3 N–H and O–H groups in total. The zero-order chi connectivity index (χ0) is 23.7. The van der Waals surface area contributed by atoms with Gasteiger partial charge < -0.3 is 20.5 Å². The summed E-state index contributed by atoms with van der Waals surface area (Å²) < 4.78 is 5.37. The van der Waals surface area contributed by atoms with E-state index in [-0.39, 0.29) is 45.6 Å². The highest BCUT2D eigenvalue weighted by molar-refractivity contribution is 6.60. The van der Waals surface area contributed by atoms with Crippen molar-refractivity contribution in [1.29, 1.82) is 0 Å². The van der Waals surface area contributed by atoms with Gasteiger partial charge in [0, 0.05) is 38.3 Å². The number of benzene rings is 2. The van der Waals surface area contributed by atoms with E-state index in [0.29, 0.717) is 47.1 Å². The average molecular weight is 443 g/mol. The Morgan fingerprint density at radius 1 is 1.22 bits per heavy atom. The third-order valence-corrected chi connectivity index (χ3v) is 6.42. The molecule has 0 saturated carbocycles. The molecule has 11 heteroatoms. The van der Waals surface area contributed by atoms with E-state index in [1.165, 1.54) is 7.11 Å². The Labute approximate surface area is 199 Å². The maximum absolute atomic E-state index is 13.0. The minimum absolute atomic E-state index is 0.0275. The molecule has 0 aromatic heterocycles. The lowest BCUT2D eigenvalue weighted by atomic mass is 9.66. The number of methoxy groups -OCH3 is 1. The van der Waals surface area contributed by atoms with Crippen LogP contribution in [0, 0.1) is 0 Å². The molecular formula is C21H22B4ClN3O3. The van der Waals surface area contributed by atoms with Crippen LogP contribution in [0.4, 0.5) is 5.69 Å². The molecule has 8 radical (unpaired) electrons. The first-order valence-corrected chi connectivity index (χ1v) is 10.5. The summed E-state index contributed by atoms with van der Waals surface area (Å²) in [5, 5.41) is 16.6. The van der Waals surface area contributed by atoms with Gasteiger partial charge in [0.05, 0.1) is 23.4 Å². The van der Waals surface area contributed by atoms with E-state index in [2.05, 4.69) is 15.5 Å². The Hall–Kier alpha value is -2.18. The zero-order valence-electron chi connectivity index (χ0n) is 18.3. The molecule has 2 aromatic carbocycles. The maximum Gasteiger partial charge on any atom is 0.255 e. The fourth-order valence-electron chi connectivity index (χ4n) is 4.00. The smallest absolute Gasteiger partial charge is 0.255 e. The minimum atomic E-state index is -0.279. The van der Waals surface area contributed by atoms with Gasteiger partial charge in [0.1, 0.15) is 42.9 Å². The zero-order valence-corrected chi connectivity index (χ0v) is 19.1. The number of anilines is 1. The number of rotatable bonds is 6. The summed E-state index contributed by atoms with van der Waals surface area (Å²) in [5.41, 5.74) is 1.98. The van der Waals surface area contributed by atoms with Crippen LogP contribution >= 0.6 is 11.6 Å². The predicted octanol–water partition coefficient (Wildman–Crippen LogP) is -1.34. The number of nitrogens with one attached hydrogen (secondary N) is 2. The van der Waals surface area contributed by atoms with Crippen LogP contribution in [0.3, 0.4) is 0 Å². The van der Waals surface area contributed by atoms with Crippen molar-refractivity contribution in [2.75, 3.05) is 26.0 Å². The van der Waals surface area contributed by atoms with Crippen molar-refractivity contribution in [3.63, 3.8) is 0 Å². The van der Waals surface area contributed by atoms with Gasteiger partial charge in [-0.3, -0.25) is 9.69 Å². The lowest BCUT2D eigenvalue weighted by Crippen LogP contribution is -2.48.